The molecular weight excluding hydrogens is 452 g/mol. The van der Waals surface area contributed by atoms with Gasteiger partial charge in [-0.05, 0) is 42.5 Å². The minimum Gasteiger partial charge on any atom is -0.469 e. The van der Waals surface area contributed by atoms with E-state index in [9.17, 15) is 18.0 Å². The van der Waals surface area contributed by atoms with E-state index in [4.69, 9.17) is 4.74 Å². The number of methoxy groups -OCH3 is 1. The highest BCUT2D eigenvalue weighted by atomic mass is 32.2. The topological polar surface area (TPSA) is 84.0 Å². The van der Waals surface area contributed by atoms with Crippen molar-refractivity contribution >= 4 is 21.9 Å². The fourth-order valence-electron chi connectivity index (χ4n) is 4.16. The molecule has 1 amide bonds. The SMILES string of the molecule is COC(=O)C(C)CN(Cc1ccccc1)C(=O)CCc1ccc(S(=O)(=O)N2CCCCC2)cc1. The number of hydrogen-bond acceptors (Lipinski definition) is 5. The van der Waals surface area contributed by atoms with E-state index >= 15 is 0 Å². The van der Waals surface area contributed by atoms with E-state index in [1.807, 2.05) is 30.3 Å². The van der Waals surface area contributed by atoms with E-state index in [2.05, 4.69) is 0 Å². The second kappa shape index (κ2) is 12.1. The molecule has 2 aromatic carbocycles. The normalized spacial score (nSPS) is 15.5. The lowest BCUT2D eigenvalue weighted by Gasteiger charge is -2.26. The van der Waals surface area contributed by atoms with Gasteiger partial charge in [0.25, 0.3) is 0 Å². The first-order valence-electron chi connectivity index (χ1n) is 11.8. The van der Waals surface area contributed by atoms with Crippen LogP contribution in [0.15, 0.2) is 59.5 Å². The number of rotatable bonds is 10. The molecule has 1 heterocycles. The first kappa shape index (κ1) is 25.9. The van der Waals surface area contributed by atoms with Gasteiger partial charge < -0.3 is 9.64 Å². The maximum Gasteiger partial charge on any atom is 0.310 e. The summed E-state index contributed by atoms with van der Waals surface area (Å²) in [6.07, 6.45) is 3.61. The lowest BCUT2D eigenvalue weighted by Crippen LogP contribution is -2.37. The van der Waals surface area contributed by atoms with Gasteiger partial charge in [-0.3, -0.25) is 9.59 Å². The molecule has 1 fully saturated rings. The quantitative estimate of drug-likeness (QED) is 0.479. The Kier molecular flexibility index (Phi) is 9.24. The van der Waals surface area contributed by atoms with E-state index in [1.165, 1.54) is 7.11 Å². The summed E-state index contributed by atoms with van der Waals surface area (Å²) in [4.78, 5) is 27.0. The van der Waals surface area contributed by atoms with Crippen LogP contribution >= 0.6 is 0 Å². The zero-order valence-corrected chi connectivity index (χ0v) is 20.8. The molecule has 0 saturated carbocycles. The number of ether oxygens (including phenoxy) is 1. The van der Waals surface area contributed by atoms with E-state index in [0.29, 0.717) is 31.0 Å². The van der Waals surface area contributed by atoms with Gasteiger partial charge in [0, 0.05) is 32.6 Å². The Morgan fingerprint density at radius 3 is 2.24 bits per heavy atom. The Labute approximate surface area is 202 Å². The van der Waals surface area contributed by atoms with Gasteiger partial charge in [0.05, 0.1) is 17.9 Å². The zero-order valence-electron chi connectivity index (χ0n) is 20.0. The third-order valence-electron chi connectivity index (χ3n) is 6.17. The predicted molar refractivity (Wildman–Crippen MR) is 130 cm³/mol. The number of esters is 1. The minimum atomic E-state index is -3.47. The van der Waals surface area contributed by atoms with Crippen LogP contribution in [0.2, 0.25) is 0 Å². The van der Waals surface area contributed by atoms with E-state index in [0.717, 1.165) is 30.4 Å². The number of carbonyl (C=O) groups is 2. The first-order chi connectivity index (χ1) is 16.3. The fraction of sp³-hybridized carbons (Fsp3) is 0.462. The average molecular weight is 487 g/mol. The molecule has 0 aromatic heterocycles. The monoisotopic (exact) mass is 486 g/mol. The molecule has 3 rings (SSSR count). The van der Waals surface area contributed by atoms with Crippen LogP contribution in [0.25, 0.3) is 0 Å². The van der Waals surface area contributed by atoms with Crippen molar-refractivity contribution in [1.82, 2.24) is 9.21 Å². The van der Waals surface area contributed by atoms with Crippen LogP contribution in [0.5, 0.6) is 0 Å². The molecule has 1 unspecified atom stereocenters. The van der Waals surface area contributed by atoms with Crippen molar-refractivity contribution in [3.05, 3.63) is 65.7 Å². The van der Waals surface area contributed by atoms with Gasteiger partial charge in [-0.1, -0.05) is 55.8 Å². The summed E-state index contributed by atoms with van der Waals surface area (Å²) in [5.41, 5.74) is 1.88. The van der Waals surface area contributed by atoms with Gasteiger partial charge in [-0.2, -0.15) is 4.31 Å². The van der Waals surface area contributed by atoms with Crippen LogP contribution in [0, 0.1) is 5.92 Å². The predicted octanol–water partition coefficient (Wildman–Crippen LogP) is 3.63. The molecule has 8 heteroatoms. The van der Waals surface area contributed by atoms with E-state index in [1.54, 1.807) is 40.4 Å². The van der Waals surface area contributed by atoms with Crippen LogP contribution in [-0.4, -0.2) is 56.2 Å². The van der Waals surface area contributed by atoms with Crippen molar-refractivity contribution in [3.8, 4) is 0 Å². The molecule has 0 spiro atoms. The number of amides is 1. The van der Waals surface area contributed by atoms with Crippen LogP contribution in [0.4, 0.5) is 0 Å². The van der Waals surface area contributed by atoms with Gasteiger partial charge in [0.1, 0.15) is 0 Å². The second-order valence-electron chi connectivity index (χ2n) is 8.79. The Morgan fingerprint density at radius 1 is 0.971 bits per heavy atom. The third kappa shape index (κ3) is 6.90. The molecule has 184 valence electrons. The molecule has 7 nitrogen and oxygen atoms in total. The largest absolute Gasteiger partial charge is 0.469 e. The summed E-state index contributed by atoms with van der Waals surface area (Å²) in [6, 6.07) is 16.5. The number of aryl methyl sites for hydroxylation is 1. The summed E-state index contributed by atoms with van der Waals surface area (Å²) in [5.74, 6) is -0.849. The van der Waals surface area contributed by atoms with Gasteiger partial charge in [0.2, 0.25) is 15.9 Å². The molecule has 34 heavy (non-hydrogen) atoms. The summed E-state index contributed by atoms with van der Waals surface area (Å²) in [7, 11) is -2.12. The summed E-state index contributed by atoms with van der Waals surface area (Å²) < 4.78 is 32.1. The smallest absolute Gasteiger partial charge is 0.310 e. The van der Waals surface area contributed by atoms with Crippen molar-refractivity contribution in [2.75, 3.05) is 26.7 Å². The molecule has 2 aromatic rings. The summed E-state index contributed by atoms with van der Waals surface area (Å²) >= 11 is 0. The van der Waals surface area contributed by atoms with E-state index < -0.39 is 15.9 Å². The molecule has 0 aliphatic carbocycles. The molecular formula is C26H34N2O5S. The Balaban J connectivity index is 1.64. The van der Waals surface area contributed by atoms with Crippen molar-refractivity contribution in [2.24, 2.45) is 5.92 Å². The van der Waals surface area contributed by atoms with Gasteiger partial charge in [-0.25, -0.2) is 8.42 Å². The standard InChI is InChI=1S/C26H34N2O5S/c1-21(26(30)33-2)19-27(20-23-9-5-3-6-10-23)25(29)16-13-22-11-14-24(15-12-22)34(31,32)28-17-7-4-8-18-28/h3,5-6,9-12,14-15,21H,4,7-8,13,16-20H2,1-2H3. The van der Waals surface area contributed by atoms with Crippen LogP contribution in [-0.2, 0) is 37.3 Å². The van der Waals surface area contributed by atoms with Crippen LogP contribution < -0.4 is 0 Å². The maximum absolute atomic E-state index is 13.1. The molecule has 1 aliphatic heterocycles. The molecule has 0 radical (unpaired) electrons. The first-order valence-corrected chi connectivity index (χ1v) is 13.2. The maximum atomic E-state index is 13.1. The molecule has 0 N–H and O–H groups in total. The number of sulfonamides is 1. The van der Waals surface area contributed by atoms with Gasteiger partial charge in [0.15, 0.2) is 0 Å². The molecule has 0 bridgehead atoms. The number of nitrogens with zero attached hydrogens (tertiary/aromatic N) is 2. The third-order valence-corrected chi connectivity index (χ3v) is 8.08. The van der Waals surface area contributed by atoms with Crippen molar-refractivity contribution in [1.29, 1.82) is 0 Å². The average Bonchev–Trinajstić information content (AvgIpc) is 2.87. The van der Waals surface area contributed by atoms with Crippen molar-refractivity contribution in [3.63, 3.8) is 0 Å². The highest BCUT2D eigenvalue weighted by Gasteiger charge is 2.26. The Hall–Kier alpha value is -2.71. The number of hydrogen-bond donors (Lipinski definition) is 0. The summed E-state index contributed by atoms with van der Waals surface area (Å²) in [6.45, 7) is 3.57. The lowest BCUT2D eigenvalue weighted by molar-refractivity contribution is -0.146. The number of piperidine rings is 1. The van der Waals surface area contributed by atoms with Crippen molar-refractivity contribution in [2.45, 2.75) is 50.5 Å². The molecule has 1 atom stereocenters. The number of benzene rings is 2. The zero-order chi connectivity index (χ0) is 24.6. The highest BCUT2D eigenvalue weighted by molar-refractivity contribution is 7.89. The van der Waals surface area contributed by atoms with E-state index in [-0.39, 0.29) is 24.8 Å². The highest BCUT2D eigenvalue weighted by Crippen LogP contribution is 2.21. The Bertz CT molecular complexity index is 1050. The minimum absolute atomic E-state index is 0.0652. The van der Waals surface area contributed by atoms with Crippen molar-refractivity contribution < 1.29 is 22.7 Å². The molecule has 1 saturated heterocycles. The molecule has 1 aliphatic rings. The lowest BCUT2D eigenvalue weighted by atomic mass is 10.1. The van der Waals surface area contributed by atoms with Crippen LogP contribution in [0.1, 0.15) is 43.7 Å². The van der Waals surface area contributed by atoms with Crippen LogP contribution in [0.3, 0.4) is 0 Å². The Morgan fingerprint density at radius 2 is 1.62 bits per heavy atom. The fourth-order valence-corrected chi connectivity index (χ4v) is 5.67. The van der Waals surface area contributed by atoms with Gasteiger partial charge >= 0.3 is 5.97 Å². The number of carbonyl (C=O) groups excluding carboxylic acids is 2. The second-order valence-corrected chi connectivity index (χ2v) is 10.7. The summed E-state index contributed by atoms with van der Waals surface area (Å²) in [5, 5.41) is 0. The van der Waals surface area contributed by atoms with Gasteiger partial charge in [-0.15, -0.1) is 0 Å².